The number of nitrogens with zero attached hydrogens (tertiary/aromatic N) is 1. The van der Waals surface area contributed by atoms with E-state index in [1.807, 2.05) is 0 Å². The van der Waals surface area contributed by atoms with E-state index in [0.717, 1.165) is 13.1 Å². The van der Waals surface area contributed by atoms with E-state index < -0.39 is 8.24 Å². The second kappa shape index (κ2) is 11.6. The largest absolute Gasteiger partial charge is 4.00 e. The van der Waals surface area contributed by atoms with E-state index in [4.69, 9.17) is 0 Å². The minimum Gasteiger partial charge on any atom is -1.00 e. The van der Waals surface area contributed by atoms with Crippen molar-refractivity contribution in [3.63, 3.8) is 0 Å². The van der Waals surface area contributed by atoms with Gasteiger partial charge in [0.15, 0.2) is 0 Å². The van der Waals surface area contributed by atoms with Crippen LogP contribution in [0.15, 0.2) is 0 Å². The number of hydrogen-bond donors (Lipinski definition) is 0. The third-order valence-corrected chi connectivity index (χ3v) is 8.79. The average molecular weight is 405 g/mol. The summed E-state index contributed by atoms with van der Waals surface area (Å²) >= 11 is 0. The molecule has 0 bridgehead atoms. The van der Waals surface area contributed by atoms with E-state index in [-0.39, 0.29) is 58.9 Å². The Morgan fingerprint density at radius 1 is 0.810 bits per heavy atom. The van der Waals surface area contributed by atoms with Gasteiger partial charge in [-0.15, -0.1) is 5.19 Å². The summed E-state index contributed by atoms with van der Waals surface area (Å²) < 4.78 is 2.68. The fraction of sp³-hybridized carbons (Fsp3) is 0.667. The van der Waals surface area contributed by atoms with Crippen molar-refractivity contribution in [3.8, 4) is 0 Å². The van der Waals surface area contributed by atoms with Gasteiger partial charge < -0.3 is 41.8 Å². The van der Waals surface area contributed by atoms with Crippen LogP contribution in [0.25, 0.3) is 0 Å². The van der Waals surface area contributed by atoms with Gasteiger partial charge in [0.05, 0.1) is 8.24 Å². The van der Waals surface area contributed by atoms with Crippen LogP contribution in [0, 0.1) is 27.7 Å². The second-order valence-corrected chi connectivity index (χ2v) is 9.86. The molecule has 0 heterocycles. The van der Waals surface area contributed by atoms with Crippen LogP contribution in [0.2, 0.25) is 13.1 Å². The van der Waals surface area contributed by atoms with Gasteiger partial charge in [0.2, 0.25) is 0 Å². The maximum atomic E-state index is 2.68. The van der Waals surface area contributed by atoms with E-state index in [0.29, 0.717) is 0 Å². The van der Waals surface area contributed by atoms with Gasteiger partial charge in [-0.2, -0.15) is 22.3 Å². The summed E-state index contributed by atoms with van der Waals surface area (Å²) in [6.45, 7) is 21.0. The SMILES string of the molecule is CCN(CC)[Si](C)(C)[c-]1c(C)c(C)c(C)c1C.[Cl-].[Cl-].[Cl-].[Ti+4]. The Hall–Kier alpha value is 1.11. The molecule has 0 radical (unpaired) electrons. The smallest absolute Gasteiger partial charge is 1.00 e. The van der Waals surface area contributed by atoms with Crippen LogP contribution in [0.1, 0.15) is 36.1 Å². The molecule has 21 heavy (non-hydrogen) atoms. The normalized spacial score (nSPS) is 10.1. The van der Waals surface area contributed by atoms with Gasteiger partial charge in [0.1, 0.15) is 0 Å². The second-order valence-electron chi connectivity index (χ2n) is 5.61. The van der Waals surface area contributed by atoms with Crippen LogP contribution in [0.5, 0.6) is 0 Å². The minimum absolute atomic E-state index is 0. The molecule has 0 atom stereocenters. The van der Waals surface area contributed by atoms with Crippen molar-refractivity contribution < 1.29 is 58.9 Å². The van der Waals surface area contributed by atoms with Crippen LogP contribution in [0.4, 0.5) is 0 Å². The maximum absolute atomic E-state index is 2.68. The third-order valence-electron chi connectivity index (χ3n) is 4.60. The molecule has 0 fully saturated rings. The molecule has 0 saturated heterocycles. The van der Waals surface area contributed by atoms with Crippen molar-refractivity contribution in [2.24, 2.45) is 0 Å². The Balaban J connectivity index is -0.000000361. The molecule has 0 aliphatic carbocycles. The first-order valence-corrected chi connectivity index (χ1v) is 9.72. The summed E-state index contributed by atoms with van der Waals surface area (Å²) in [5, 5.41) is 1.68. The van der Waals surface area contributed by atoms with Crippen LogP contribution in [-0.4, -0.2) is 25.9 Å². The fourth-order valence-corrected chi connectivity index (χ4v) is 7.42. The first kappa shape index (κ1) is 30.0. The minimum atomic E-state index is -1.48. The maximum Gasteiger partial charge on any atom is 4.00 e. The zero-order chi connectivity index (χ0) is 13.4. The number of hydrogen-bond acceptors (Lipinski definition) is 1. The molecule has 1 aromatic rings. The van der Waals surface area contributed by atoms with Crippen LogP contribution in [0.3, 0.4) is 0 Å². The molecule has 0 spiro atoms. The molecule has 0 amide bonds. The van der Waals surface area contributed by atoms with Gasteiger partial charge in [-0.1, -0.05) is 54.6 Å². The summed E-state index contributed by atoms with van der Waals surface area (Å²) in [4.78, 5) is 0. The van der Waals surface area contributed by atoms with Crippen molar-refractivity contribution in [2.45, 2.75) is 54.6 Å². The zero-order valence-corrected chi connectivity index (χ0v) is 19.3. The molecule has 0 saturated carbocycles. The fourth-order valence-electron chi connectivity index (χ4n) is 3.31. The van der Waals surface area contributed by atoms with E-state index in [1.165, 1.54) is 11.1 Å². The molecule has 6 heteroatoms. The first-order chi connectivity index (χ1) is 7.78. The molecule has 0 unspecified atom stereocenters. The summed E-state index contributed by atoms with van der Waals surface area (Å²) in [5.74, 6) is 0. The molecule has 0 N–H and O–H groups in total. The topological polar surface area (TPSA) is 3.24 Å². The van der Waals surface area contributed by atoms with Gasteiger partial charge >= 0.3 is 21.7 Å². The zero-order valence-electron chi connectivity index (χ0n) is 14.5. The molecule has 0 aliphatic heterocycles. The van der Waals surface area contributed by atoms with Gasteiger partial charge in [0.25, 0.3) is 0 Å². The Bertz CT molecular complexity index is 390. The molecule has 1 aromatic carbocycles. The summed E-state index contributed by atoms with van der Waals surface area (Å²) in [6.07, 6.45) is 0. The quantitative estimate of drug-likeness (QED) is 0.357. The predicted molar refractivity (Wildman–Crippen MR) is 81.0 cm³/mol. The van der Waals surface area contributed by atoms with Crippen LogP contribution < -0.4 is 42.4 Å². The third kappa shape index (κ3) is 5.60. The van der Waals surface area contributed by atoms with Gasteiger partial charge in [-0.25, -0.2) is 0 Å². The van der Waals surface area contributed by atoms with Crippen molar-refractivity contribution >= 4 is 13.4 Å². The summed E-state index contributed by atoms with van der Waals surface area (Å²) in [5.41, 5.74) is 6.10. The molecular weight excluding hydrogens is 376 g/mol. The molecule has 122 valence electrons. The van der Waals surface area contributed by atoms with Crippen molar-refractivity contribution in [2.75, 3.05) is 13.1 Å². The summed E-state index contributed by atoms with van der Waals surface area (Å²) in [7, 11) is -1.48. The molecule has 1 nitrogen and oxygen atoms in total. The molecule has 1 rings (SSSR count). The Labute approximate surface area is 166 Å². The van der Waals surface area contributed by atoms with Gasteiger partial charge in [-0.3, -0.25) is 0 Å². The first-order valence-electron chi connectivity index (χ1n) is 6.77. The van der Waals surface area contributed by atoms with E-state index in [9.17, 15) is 0 Å². The molecular formula is C15H28Cl3NSiTi. The summed E-state index contributed by atoms with van der Waals surface area (Å²) in [6, 6.07) is 0. The monoisotopic (exact) mass is 403 g/mol. The van der Waals surface area contributed by atoms with Crippen LogP contribution >= 0.6 is 0 Å². The number of halogens is 3. The van der Waals surface area contributed by atoms with Crippen molar-refractivity contribution in [1.29, 1.82) is 0 Å². The number of rotatable bonds is 4. The van der Waals surface area contributed by atoms with E-state index in [1.54, 1.807) is 16.3 Å². The molecule has 0 aliphatic rings. The van der Waals surface area contributed by atoms with E-state index >= 15 is 0 Å². The average Bonchev–Trinajstić information content (AvgIpc) is 2.45. The standard InChI is InChI=1S/C15H28NSi.3ClH.Ti/c1-9-16(10-2)17(7,8)15-13(5)11(3)12(4)14(15)6;;;;/h9-10H2,1-8H3;3*1H;/q-1;;;;+4/p-3. The Morgan fingerprint density at radius 3 is 1.33 bits per heavy atom. The van der Waals surface area contributed by atoms with Gasteiger partial charge in [0, 0.05) is 0 Å². The Kier molecular flexibility index (Phi) is 16.6. The van der Waals surface area contributed by atoms with Crippen LogP contribution in [-0.2, 0) is 21.7 Å². The van der Waals surface area contributed by atoms with Gasteiger partial charge in [-0.05, 0) is 13.1 Å². The predicted octanol–water partition coefficient (Wildman–Crippen LogP) is -5.60. The Morgan fingerprint density at radius 2 is 1.10 bits per heavy atom. The van der Waals surface area contributed by atoms with E-state index in [2.05, 4.69) is 59.2 Å². The van der Waals surface area contributed by atoms with Crippen molar-refractivity contribution in [3.05, 3.63) is 22.3 Å². The molecule has 0 aromatic heterocycles. The van der Waals surface area contributed by atoms with Crippen molar-refractivity contribution in [1.82, 2.24) is 4.57 Å².